The molecule has 1 atom stereocenters. The van der Waals surface area contributed by atoms with Gasteiger partial charge in [-0.15, -0.1) is 0 Å². The molecule has 3 nitrogen and oxygen atoms in total. The van der Waals surface area contributed by atoms with Gasteiger partial charge in [0.1, 0.15) is 0 Å². The maximum Gasteiger partial charge on any atom is 0.261 e. The molecule has 0 saturated carbocycles. The zero-order valence-corrected chi connectivity index (χ0v) is 12.5. The summed E-state index contributed by atoms with van der Waals surface area (Å²) in [7, 11) is -3.53. The third kappa shape index (κ3) is 3.20. The monoisotopic (exact) mass is 289 g/mol. The molecule has 0 bridgehead atoms. The highest BCUT2D eigenvalue weighted by Gasteiger charge is 2.16. The number of nitrogens with one attached hydrogen (secondary N) is 1. The number of sulfonamides is 1. The molecule has 0 unspecified atom stereocenters. The fourth-order valence-electron chi connectivity index (χ4n) is 2.04. The quantitative estimate of drug-likeness (QED) is 0.904. The molecule has 0 amide bonds. The first-order chi connectivity index (χ1) is 9.54. The van der Waals surface area contributed by atoms with Crippen molar-refractivity contribution in [2.45, 2.75) is 31.1 Å². The van der Waals surface area contributed by atoms with E-state index in [2.05, 4.69) is 18.6 Å². The van der Waals surface area contributed by atoms with Gasteiger partial charge in [0.25, 0.3) is 10.0 Å². The van der Waals surface area contributed by atoms with E-state index in [0.717, 1.165) is 12.0 Å². The van der Waals surface area contributed by atoms with Crippen LogP contribution in [0.15, 0.2) is 59.5 Å². The molecule has 4 heteroatoms. The molecule has 0 aliphatic carbocycles. The Morgan fingerprint density at radius 1 is 1.00 bits per heavy atom. The molecular formula is C16H19NO2S. The van der Waals surface area contributed by atoms with Crippen molar-refractivity contribution in [3.8, 4) is 0 Å². The molecule has 106 valence electrons. The fourth-order valence-corrected chi connectivity index (χ4v) is 3.15. The number of benzene rings is 2. The summed E-state index contributed by atoms with van der Waals surface area (Å²) < 4.78 is 27.4. The van der Waals surface area contributed by atoms with Crippen molar-refractivity contribution in [3.05, 3.63) is 60.2 Å². The molecule has 0 heterocycles. The zero-order valence-electron chi connectivity index (χ0n) is 11.7. The van der Waals surface area contributed by atoms with Crippen LogP contribution in [0.1, 0.15) is 31.7 Å². The first-order valence-corrected chi connectivity index (χ1v) is 8.19. The van der Waals surface area contributed by atoms with Crippen LogP contribution in [0.4, 0.5) is 5.69 Å². The molecule has 2 rings (SSSR count). The van der Waals surface area contributed by atoms with Crippen LogP contribution in [0.5, 0.6) is 0 Å². The Morgan fingerprint density at radius 3 is 2.25 bits per heavy atom. The van der Waals surface area contributed by atoms with Crippen molar-refractivity contribution in [1.29, 1.82) is 0 Å². The highest BCUT2D eigenvalue weighted by molar-refractivity contribution is 7.92. The van der Waals surface area contributed by atoms with E-state index in [-0.39, 0.29) is 4.90 Å². The van der Waals surface area contributed by atoms with Gasteiger partial charge in [-0.25, -0.2) is 8.42 Å². The highest BCUT2D eigenvalue weighted by atomic mass is 32.2. The van der Waals surface area contributed by atoms with Crippen molar-refractivity contribution in [2.75, 3.05) is 4.72 Å². The predicted molar refractivity (Wildman–Crippen MR) is 82.4 cm³/mol. The largest absolute Gasteiger partial charge is 0.279 e. The van der Waals surface area contributed by atoms with E-state index in [4.69, 9.17) is 0 Å². The minimum Gasteiger partial charge on any atom is -0.279 e. The summed E-state index contributed by atoms with van der Waals surface area (Å²) in [6.07, 6.45) is 0.962. The fraction of sp³-hybridized carbons (Fsp3) is 0.250. The summed E-state index contributed by atoms with van der Waals surface area (Å²) in [6, 6.07) is 16.0. The molecule has 0 radical (unpaired) electrons. The van der Waals surface area contributed by atoms with Gasteiger partial charge in [0.15, 0.2) is 0 Å². The van der Waals surface area contributed by atoms with Gasteiger partial charge in [-0.2, -0.15) is 0 Å². The third-order valence-electron chi connectivity index (χ3n) is 3.40. The predicted octanol–water partition coefficient (Wildman–Crippen LogP) is 4.00. The van der Waals surface area contributed by atoms with Gasteiger partial charge in [-0.1, -0.05) is 50.2 Å². The van der Waals surface area contributed by atoms with Gasteiger partial charge in [0.05, 0.1) is 10.6 Å². The Morgan fingerprint density at radius 2 is 1.60 bits per heavy atom. The van der Waals surface area contributed by atoms with E-state index in [1.54, 1.807) is 30.3 Å². The van der Waals surface area contributed by atoms with Gasteiger partial charge in [0, 0.05) is 0 Å². The normalized spacial score (nSPS) is 12.9. The average molecular weight is 289 g/mol. The van der Waals surface area contributed by atoms with E-state index < -0.39 is 10.0 Å². The summed E-state index contributed by atoms with van der Waals surface area (Å²) in [5.41, 5.74) is 1.68. The summed E-state index contributed by atoms with van der Waals surface area (Å²) in [5, 5.41) is 0. The third-order valence-corrected chi connectivity index (χ3v) is 4.78. The summed E-state index contributed by atoms with van der Waals surface area (Å²) in [4.78, 5) is 0.277. The number of rotatable bonds is 5. The van der Waals surface area contributed by atoms with Gasteiger partial charge in [-0.3, -0.25) is 4.72 Å². The Hall–Kier alpha value is -1.81. The standard InChI is InChI=1S/C16H19NO2S/c1-3-13(2)15-11-7-8-12-16(15)17-20(18,19)14-9-5-4-6-10-14/h4-13,17H,3H2,1-2H3/t13-/m0/s1. The van der Waals surface area contributed by atoms with Crippen molar-refractivity contribution in [1.82, 2.24) is 0 Å². The minimum atomic E-state index is -3.53. The number of hydrogen-bond donors (Lipinski definition) is 1. The van der Waals surface area contributed by atoms with Gasteiger partial charge in [-0.05, 0) is 36.1 Å². The number of anilines is 1. The topological polar surface area (TPSA) is 46.2 Å². The van der Waals surface area contributed by atoms with Crippen molar-refractivity contribution >= 4 is 15.7 Å². The molecule has 20 heavy (non-hydrogen) atoms. The summed E-state index contributed by atoms with van der Waals surface area (Å²) in [6.45, 7) is 4.18. The molecule has 0 fully saturated rings. The molecule has 0 aliphatic rings. The zero-order chi connectivity index (χ0) is 14.6. The Bertz CT molecular complexity index is 666. The van der Waals surface area contributed by atoms with E-state index in [1.165, 1.54) is 0 Å². The highest BCUT2D eigenvalue weighted by Crippen LogP contribution is 2.28. The van der Waals surface area contributed by atoms with Crippen molar-refractivity contribution in [2.24, 2.45) is 0 Å². The molecule has 1 N–H and O–H groups in total. The van der Waals surface area contributed by atoms with Crippen LogP contribution < -0.4 is 4.72 Å². The molecule has 0 aliphatic heterocycles. The van der Waals surface area contributed by atoms with Crippen LogP contribution >= 0.6 is 0 Å². The first-order valence-electron chi connectivity index (χ1n) is 6.71. The van der Waals surface area contributed by atoms with Gasteiger partial charge >= 0.3 is 0 Å². The lowest BCUT2D eigenvalue weighted by Gasteiger charge is -2.16. The Balaban J connectivity index is 2.36. The van der Waals surface area contributed by atoms with Gasteiger partial charge in [0.2, 0.25) is 0 Å². The van der Waals surface area contributed by atoms with Crippen LogP contribution in [0, 0.1) is 0 Å². The maximum atomic E-state index is 12.4. The van der Waals surface area contributed by atoms with Crippen LogP contribution in [0.3, 0.4) is 0 Å². The lowest BCUT2D eigenvalue weighted by atomic mass is 9.97. The van der Waals surface area contributed by atoms with Crippen molar-refractivity contribution in [3.63, 3.8) is 0 Å². The molecule has 0 aromatic heterocycles. The second-order valence-electron chi connectivity index (χ2n) is 4.82. The van der Waals surface area contributed by atoms with Crippen LogP contribution in [0.2, 0.25) is 0 Å². The Kier molecular flexibility index (Phi) is 4.45. The van der Waals surface area contributed by atoms with Crippen LogP contribution in [0.25, 0.3) is 0 Å². The van der Waals surface area contributed by atoms with Gasteiger partial charge < -0.3 is 0 Å². The molecule has 2 aromatic rings. The van der Waals surface area contributed by atoms with Crippen molar-refractivity contribution < 1.29 is 8.42 Å². The van der Waals surface area contributed by atoms with Crippen LogP contribution in [-0.2, 0) is 10.0 Å². The second kappa shape index (κ2) is 6.09. The lowest BCUT2D eigenvalue weighted by molar-refractivity contribution is 0.601. The van der Waals surface area contributed by atoms with E-state index in [0.29, 0.717) is 11.6 Å². The SMILES string of the molecule is CC[C@H](C)c1ccccc1NS(=O)(=O)c1ccccc1. The smallest absolute Gasteiger partial charge is 0.261 e. The summed E-state index contributed by atoms with van der Waals surface area (Å²) >= 11 is 0. The lowest BCUT2D eigenvalue weighted by Crippen LogP contribution is -2.14. The minimum absolute atomic E-state index is 0.277. The molecule has 0 saturated heterocycles. The molecule has 0 spiro atoms. The molecular weight excluding hydrogens is 270 g/mol. The summed E-state index contributed by atoms with van der Waals surface area (Å²) in [5.74, 6) is 0.310. The first kappa shape index (κ1) is 14.6. The maximum absolute atomic E-state index is 12.4. The Labute approximate surface area is 120 Å². The van der Waals surface area contributed by atoms with E-state index >= 15 is 0 Å². The second-order valence-corrected chi connectivity index (χ2v) is 6.50. The number of hydrogen-bond acceptors (Lipinski definition) is 2. The molecule has 2 aromatic carbocycles. The van der Waals surface area contributed by atoms with E-state index in [1.807, 2.05) is 24.3 Å². The number of para-hydroxylation sites is 1. The average Bonchev–Trinajstić information content (AvgIpc) is 2.47. The van der Waals surface area contributed by atoms with Crippen LogP contribution in [-0.4, -0.2) is 8.42 Å². The van der Waals surface area contributed by atoms with E-state index in [9.17, 15) is 8.42 Å².